The summed E-state index contributed by atoms with van der Waals surface area (Å²) in [4.78, 5) is 15.1. The molecule has 1 heterocycles. The summed E-state index contributed by atoms with van der Waals surface area (Å²) in [5, 5.41) is 0. The fourth-order valence-electron chi connectivity index (χ4n) is 4.21. The lowest BCUT2D eigenvalue weighted by Gasteiger charge is -2.24. The molecule has 3 aromatic rings. The third-order valence-corrected chi connectivity index (χ3v) is 7.27. The Balaban J connectivity index is 1.58. The minimum atomic E-state index is -3.47. The largest absolute Gasteiger partial charge is 0.305 e. The summed E-state index contributed by atoms with van der Waals surface area (Å²) >= 11 is 0. The van der Waals surface area contributed by atoms with Crippen molar-refractivity contribution in [2.75, 3.05) is 15.5 Å². The Morgan fingerprint density at radius 1 is 1.00 bits per heavy atom. The van der Waals surface area contributed by atoms with Crippen molar-refractivity contribution in [2.24, 2.45) is 0 Å². The van der Waals surface area contributed by atoms with E-state index < -0.39 is 10.0 Å². The molecule has 32 heavy (non-hydrogen) atoms. The number of aryl methyl sites for hydroxylation is 2. The van der Waals surface area contributed by atoms with Crippen LogP contribution in [0.4, 0.5) is 11.4 Å². The van der Waals surface area contributed by atoms with Crippen LogP contribution in [0.15, 0.2) is 66.7 Å². The molecule has 1 atom stereocenters. The SMILES string of the molecule is Cc1ccc(N(Cc2ccc(C(=O)N3c4ccccc4C[C@@H]3C)cc2)S(C)(=O)=O)cc1C. The number of hydrogen-bond acceptors (Lipinski definition) is 3. The van der Waals surface area contributed by atoms with Crippen molar-refractivity contribution < 1.29 is 13.2 Å². The zero-order chi connectivity index (χ0) is 23.0. The molecule has 0 radical (unpaired) electrons. The number of sulfonamides is 1. The summed E-state index contributed by atoms with van der Waals surface area (Å²) in [6, 6.07) is 21.0. The van der Waals surface area contributed by atoms with Gasteiger partial charge in [0.25, 0.3) is 5.91 Å². The summed E-state index contributed by atoms with van der Waals surface area (Å²) in [6.07, 6.45) is 2.06. The lowest BCUT2D eigenvalue weighted by Crippen LogP contribution is -2.35. The molecular formula is C26H28N2O3S. The molecule has 0 fully saturated rings. The van der Waals surface area contributed by atoms with Crippen molar-refractivity contribution in [3.63, 3.8) is 0 Å². The first-order valence-electron chi connectivity index (χ1n) is 10.7. The van der Waals surface area contributed by atoms with Crippen LogP contribution in [0.5, 0.6) is 0 Å². The number of anilines is 2. The quantitative estimate of drug-likeness (QED) is 0.560. The number of amides is 1. The average molecular weight is 449 g/mol. The number of nitrogens with zero attached hydrogens (tertiary/aromatic N) is 2. The first-order valence-corrected chi connectivity index (χ1v) is 12.6. The minimum Gasteiger partial charge on any atom is -0.305 e. The van der Waals surface area contributed by atoms with Gasteiger partial charge >= 0.3 is 0 Å². The molecule has 0 saturated heterocycles. The van der Waals surface area contributed by atoms with Crippen LogP contribution >= 0.6 is 0 Å². The molecule has 1 aliphatic rings. The number of para-hydroxylation sites is 1. The van der Waals surface area contributed by atoms with Crippen molar-refractivity contribution in [1.29, 1.82) is 0 Å². The van der Waals surface area contributed by atoms with Crippen molar-refractivity contribution in [2.45, 2.75) is 39.8 Å². The Morgan fingerprint density at radius 3 is 2.34 bits per heavy atom. The lowest BCUT2D eigenvalue weighted by molar-refractivity contribution is 0.0981. The second kappa shape index (κ2) is 8.43. The van der Waals surface area contributed by atoms with Gasteiger partial charge in [0.2, 0.25) is 10.0 Å². The molecule has 0 saturated carbocycles. The third kappa shape index (κ3) is 4.28. The Bertz CT molecular complexity index is 1270. The van der Waals surface area contributed by atoms with E-state index in [1.165, 1.54) is 16.1 Å². The minimum absolute atomic E-state index is 0.0388. The first kappa shape index (κ1) is 22.1. The molecular weight excluding hydrogens is 420 g/mol. The van der Waals surface area contributed by atoms with Crippen LogP contribution in [0.1, 0.15) is 39.5 Å². The summed E-state index contributed by atoms with van der Waals surface area (Å²) in [5.41, 5.74) is 6.35. The molecule has 1 aliphatic heterocycles. The summed E-state index contributed by atoms with van der Waals surface area (Å²) in [5.74, 6) is -0.0388. The Morgan fingerprint density at radius 2 is 1.69 bits per heavy atom. The molecule has 4 rings (SSSR count). The second-order valence-electron chi connectivity index (χ2n) is 8.59. The molecule has 166 valence electrons. The van der Waals surface area contributed by atoms with Crippen LogP contribution in [0.3, 0.4) is 0 Å². The fourth-order valence-corrected chi connectivity index (χ4v) is 5.09. The number of carbonyl (C=O) groups excluding carboxylic acids is 1. The maximum Gasteiger partial charge on any atom is 0.258 e. The molecule has 0 bridgehead atoms. The predicted molar refractivity (Wildman–Crippen MR) is 130 cm³/mol. The van der Waals surface area contributed by atoms with Crippen molar-refractivity contribution >= 4 is 27.3 Å². The van der Waals surface area contributed by atoms with Gasteiger partial charge < -0.3 is 4.90 Å². The van der Waals surface area contributed by atoms with Crippen LogP contribution in [0.25, 0.3) is 0 Å². The van der Waals surface area contributed by atoms with Gasteiger partial charge in [-0.3, -0.25) is 9.10 Å². The first-order chi connectivity index (χ1) is 15.1. The molecule has 0 aromatic heterocycles. The fraction of sp³-hybridized carbons (Fsp3) is 0.269. The van der Waals surface area contributed by atoms with E-state index in [0.717, 1.165) is 28.8 Å². The van der Waals surface area contributed by atoms with E-state index in [2.05, 4.69) is 13.0 Å². The number of hydrogen-bond donors (Lipinski definition) is 0. The average Bonchev–Trinajstić information content (AvgIpc) is 3.09. The molecule has 3 aromatic carbocycles. The van der Waals surface area contributed by atoms with Gasteiger partial charge in [0.15, 0.2) is 0 Å². The highest BCUT2D eigenvalue weighted by Crippen LogP contribution is 2.33. The van der Waals surface area contributed by atoms with E-state index in [9.17, 15) is 13.2 Å². The predicted octanol–water partition coefficient (Wildman–Crippen LogP) is 4.86. The highest BCUT2D eigenvalue weighted by molar-refractivity contribution is 7.92. The van der Waals surface area contributed by atoms with Crippen molar-refractivity contribution in [1.82, 2.24) is 0 Å². The Kier molecular flexibility index (Phi) is 5.82. The Labute approximate surface area is 190 Å². The van der Waals surface area contributed by atoms with Gasteiger partial charge in [-0.1, -0.05) is 36.4 Å². The van der Waals surface area contributed by atoms with Crippen LogP contribution in [-0.2, 0) is 23.0 Å². The highest BCUT2D eigenvalue weighted by atomic mass is 32.2. The number of fused-ring (bicyclic) bond motifs is 1. The van der Waals surface area contributed by atoms with E-state index >= 15 is 0 Å². The molecule has 0 N–H and O–H groups in total. The zero-order valence-corrected chi connectivity index (χ0v) is 19.7. The second-order valence-corrected chi connectivity index (χ2v) is 10.5. The number of carbonyl (C=O) groups is 1. The number of rotatable bonds is 5. The summed E-state index contributed by atoms with van der Waals surface area (Å²) in [6.45, 7) is 6.23. The van der Waals surface area contributed by atoms with E-state index in [-0.39, 0.29) is 18.5 Å². The monoisotopic (exact) mass is 448 g/mol. The maximum absolute atomic E-state index is 13.2. The molecule has 0 spiro atoms. The van der Waals surface area contributed by atoms with Gasteiger partial charge in [0, 0.05) is 17.3 Å². The normalized spacial score (nSPS) is 15.5. The van der Waals surface area contributed by atoms with Crippen LogP contribution in [-0.4, -0.2) is 26.6 Å². The van der Waals surface area contributed by atoms with Gasteiger partial charge in [-0.25, -0.2) is 8.42 Å². The van der Waals surface area contributed by atoms with Crippen LogP contribution < -0.4 is 9.21 Å². The lowest BCUT2D eigenvalue weighted by atomic mass is 10.1. The van der Waals surface area contributed by atoms with Gasteiger partial charge in [0.05, 0.1) is 18.5 Å². The van der Waals surface area contributed by atoms with E-state index in [0.29, 0.717) is 11.3 Å². The molecule has 0 unspecified atom stereocenters. The van der Waals surface area contributed by atoms with Crippen molar-refractivity contribution in [3.8, 4) is 0 Å². The van der Waals surface area contributed by atoms with E-state index in [1.54, 1.807) is 12.1 Å². The van der Waals surface area contributed by atoms with Gasteiger partial charge in [0.1, 0.15) is 0 Å². The summed E-state index contributed by atoms with van der Waals surface area (Å²) in [7, 11) is -3.47. The third-order valence-electron chi connectivity index (χ3n) is 6.13. The molecule has 5 nitrogen and oxygen atoms in total. The molecule has 6 heteroatoms. The van der Waals surface area contributed by atoms with Gasteiger partial charge in [-0.15, -0.1) is 0 Å². The summed E-state index contributed by atoms with van der Waals surface area (Å²) < 4.78 is 26.4. The van der Waals surface area contributed by atoms with E-state index in [4.69, 9.17) is 0 Å². The van der Waals surface area contributed by atoms with Crippen molar-refractivity contribution in [3.05, 3.63) is 94.5 Å². The van der Waals surface area contributed by atoms with Gasteiger partial charge in [-0.2, -0.15) is 0 Å². The molecule has 0 aliphatic carbocycles. The zero-order valence-electron chi connectivity index (χ0n) is 18.9. The maximum atomic E-state index is 13.2. The highest BCUT2D eigenvalue weighted by Gasteiger charge is 2.31. The molecule has 1 amide bonds. The van der Waals surface area contributed by atoms with Gasteiger partial charge in [-0.05, 0) is 79.8 Å². The topological polar surface area (TPSA) is 57.7 Å². The smallest absolute Gasteiger partial charge is 0.258 e. The standard InChI is InChI=1S/C26H28N2O3S/c1-18-9-14-24(15-19(18)2)27(32(4,30)31)17-21-10-12-22(13-11-21)26(29)28-20(3)16-23-7-5-6-8-25(23)28/h5-15,20H,16-17H2,1-4H3/t20-/m0/s1. The number of benzene rings is 3. The van der Waals surface area contributed by atoms with Crippen LogP contribution in [0.2, 0.25) is 0 Å². The van der Waals surface area contributed by atoms with E-state index in [1.807, 2.05) is 67.3 Å². The Hall–Kier alpha value is -3.12. The van der Waals surface area contributed by atoms with Crippen LogP contribution in [0, 0.1) is 13.8 Å².